The predicted molar refractivity (Wildman–Crippen MR) is 88.4 cm³/mol. The van der Waals surface area contributed by atoms with Crippen molar-refractivity contribution in [2.45, 2.75) is 25.3 Å². The summed E-state index contributed by atoms with van der Waals surface area (Å²) in [5.74, 6) is 2.26. The third-order valence-corrected chi connectivity index (χ3v) is 5.97. The topological polar surface area (TPSA) is 59.1 Å². The van der Waals surface area contributed by atoms with Crippen molar-refractivity contribution in [1.29, 1.82) is 0 Å². The van der Waals surface area contributed by atoms with Crippen molar-refractivity contribution in [3.8, 4) is 0 Å². The van der Waals surface area contributed by atoms with Gasteiger partial charge in [0.2, 0.25) is 5.91 Å². The molecule has 3 heterocycles. The van der Waals surface area contributed by atoms with Gasteiger partial charge in [-0.15, -0.1) is 0 Å². The van der Waals surface area contributed by atoms with Crippen LogP contribution in [0.3, 0.4) is 0 Å². The van der Waals surface area contributed by atoms with E-state index in [-0.39, 0.29) is 17.8 Å². The molecule has 3 aliphatic rings. The van der Waals surface area contributed by atoms with Crippen LogP contribution in [0.15, 0.2) is 0 Å². The van der Waals surface area contributed by atoms with Gasteiger partial charge in [0.15, 0.2) is 0 Å². The molecular weight excluding hydrogens is 316 g/mol. The maximum absolute atomic E-state index is 12.8. The Bertz CT molecular complexity index is 422. The molecule has 0 aromatic rings. The molecular formula is C16H26N2O4S. The molecule has 0 aromatic heterocycles. The molecule has 0 N–H and O–H groups in total. The summed E-state index contributed by atoms with van der Waals surface area (Å²) in [6.07, 6.45) is 1.91. The lowest BCUT2D eigenvalue weighted by Crippen LogP contribution is -2.47. The van der Waals surface area contributed by atoms with Crippen LogP contribution in [0, 0.1) is 5.92 Å². The summed E-state index contributed by atoms with van der Waals surface area (Å²) in [5, 5.41) is 0. The number of ether oxygens (including phenoxy) is 2. The first-order valence-corrected chi connectivity index (χ1v) is 9.71. The molecule has 0 spiro atoms. The van der Waals surface area contributed by atoms with Gasteiger partial charge < -0.3 is 14.4 Å². The number of amides is 1. The van der Waals surface area contributed by atoms with Gasteiger partial charge in [0.25, 0.3) is 0 Å². The van der Waals surface area contributed by atoms with Crippen molar-refractivity contribution in [3.63, 3.8) is 0 Å². The van der Waals surface area contributed by atoms with Crippen LogP contribution >= 0.6 is 11.8 Å². The van der Waals surface area contributed by atoms with E-state index >= 15 is 0 Å². The van der Waals surface area contributed by atoms with E-state index in [1.165, 1.54) is 0 Å². The Labute approximate surface area is 141 Å². The Morgan fingerprint density at radius 3 is 2.83 bits per heavy atom. The maximum Gasteiger partial charge on any atom is 0.306 e. The molecule has 0 unspecified atom stereocenters. The van der Waals surface area contributed by atoms with Crippen molar-refractivity contribution in [3.05, 3.63) is 0 Å². The average molecular weight is 342 g/mol. The Hall–Kier alpha value is -0.790. The van der Waals surface area contributed by atoms with Gasteiger partial charge in [0, 0.05) is 50.3 Å². The number of rotatable bonds is 6. The molecule has 0 bridgehead atoms. The molecule has 0 radical (unpaired) electrons. The summed E-state index contributed by atoms with van der Waals surface area (Å²) in [4.78, 5) is 28.4. The van der Waals surface area contributed by atoms with E-state index in [0.29, 0.717) is 25.5 Å². The molecule has 3 saturated heterocycles. The molecule has 0 aliphatic carbocycles. The molecule has 3 aliphatic heterocycles. The standard InChI is InChI=1S/C16H26N2O4S/c19-15(9-13-10-16(20)22-11-13)18(14-1-8-23-12-14)3-2-17-4-6-21-7-5-17/h13-14H,1-12H2/t13-,14+/m1/s1. The molecule has 3 rings (SSSR count). The lowest BCUT2D eigenvalue weighted by molar-refractivity contribution is -0.138. The lowest BCUT2D eigenvalue weighted by Gasteiger charge is -2.33. The van der Waals surface area contributed by atoms with Crippen LogP contribution in [0.25, 0.3) is 0 Å². The SMILES string of the molecule is O=C1C[C@@H](CC(=O)N(CCN2CCOCC2)[C@H]2CCSC2)CO1. The van der Waals surface area contributed by atoms with Crippen LogP contribution in [0.5, 0.6) is 0 Å². The van der Waals surface area contributed by atoms with E-state index < -0.39 is 0 Å². The number of morpholine rings is 1. The second-order valence-electron chi connectivity index (χ2n) is 6.52. The van der Waals surface area contributed by atoms with Crippen molar-refractivity contribution >= 4 is 23.6 Å². The Morgan fingerprint density at radius 1 is 1.35 bits per heavy atom. The van der Waals surface area contributed by atoms with Crippen LogP contribution in [-0.4, -0.2) is 85.2 Å². The van der Waals surface area contributed by atoms with Gasteiger partial charge in [0.1, 0.15) is 0 Å². The van der Waals surface area contributed by atoms with Crippen LogP contribution in [0.4, 0.5) is 0 Å². The van der Waals surface area contributed by atoms with E-state index in [4.69, 9.17) is 9.47 Å². The van der Waals surface area contributed by atoms with Gasteiger partial charge in [-0.05, 0) is 12.2 Å². The highest BCUT2D eigenvalue weighted by Crippen LogP contribution is 2.25. The molecule has 6 nitrogen and oxygen atoms in total. The molecule has 23 heavy (non-hydrogen) atoms. The van der Waals surface area contributed by atoms with E-state index in [9.17, 15) is 9.59 Å². The normalized spacial score (nSPS) is 28.8. The third-order valence-electron chi connectivity index (χ3n) is 4.83. The summed E-state index contributed by atoms with van der Waals surface area (Å²) in [7, 11) is 0. The zero-order chi connectivity index (χ0) is 16.1. The van der Waals surface area contributed by atoms with E-state index in [2.05, 4.69) is 9.80 Å². The predicted octanol–water partition coefficient (Wildman–Crippen LogP) is 0.606. The fourth-order valence-corrected chi connectivity index (χ4v) is 4.64. The van der Waals surface area contributed by atoms with Gasteiger partial charge in [-0.3, -0.25) is 14.5 Å². The minimum atomic E-state index is -0.168. The van der Waals surface area contributed by atoms with Crippen molar-refractivity contribution in [2.75, 3.05) is 57.5 Å². The zero-order valence-electron chi connectivity index (χ0n) is 13.6. The molecule has 2 atom stereocenters. The monoisotopic (exact) mass is 342 g/mol. The number of cyclic esters (lactones) is 1. The second-order valence-corrected chi connectivity index (χ2v) is 7.67. The van der Waals surface area contributed by atoms with Crippen LogP contribution < -0.4 is 0 Å². The molecule has 1 amide bonds. The minimum absolute atomic E-state index is 0.0648. The Balaban J connectivity index is 1.53. The zero-order valence-corrected chi connectivity index (χ0v) is 14.4. The van der Waals surface area contributed by atoms with E-state index in [0.717, 1.165) is 57.3 Å². The van der Waals surface area contributed by atoms with Gasteiger partial charge >= 0.3 is 5.97 Å². The number of carbonyl (C=O) groups excluding carboxylic acids is 2. The Morgan fingerprint density at radius 2 is 2.17 bits per heavy atom. The first kappa shape index (κ1) is 17.0. The molecule has 0 saturated carbocycles. The van der Waals surface area contributed by atoms with Crippen molar-refractivity contribution < 1.29 is 19.1 Å². The fourth-order valence-electron chi connectivity index (χ4n) is 3.41. The number of hydrogen-bond donors (Lipinski definition) is 0. The summed E-state index contributed by atoms with van der Waals surface area (Å²) in [6, 6.07) is 0.353. The van der Waals surface area contributed by atoms with Crippen molar-refractivity contribution in [2.24, 2.45) is 5.92 Å². The van der Waals surface area contributed by atoms with Gasteiger partial charge in [0.05, 0.1) is 26.2 Å². The van der Waals surface area contributed by atoms with Crippen LogP contribution in [0.2, 0.25) is 0 Å². The number of esters is 1. The molecule has 3 fully saturated rings. The molecule has 130 valence electrons. The first-order chi connectivity index (χ1) is 11.2. The van der Waals surface area contributed by atoms with E-state index in [1.807, 2.05) is 11.8 Å². The maximum atomic E-state index is 12.8. The second kappa shape index (κ2) is 8.35. The fraction of sp³-hybridized carbons (Fsp3) is 0.875. The summed E-state index contributed by atoms with van der Waals surface area (Å²) < 4.78 is 10.4. The highest BCUT2D eigenvalue weighted by Gasteiger charge is 2.32. The minimum Gasteiger partial charge on any atom is -0.465 e. The van der Waals surface area contributed by atoms with Crippen LogP contribution in [0.1, 0.15) is 19.3 Å². The first-order valence-electron chi connectivity index (χ1n) is 8.55. The van der Waals surface area contributed by atoms with Gasteiger partial charge in [-0.25, -0.2) is 0 Å². The van der Waals surface area contributed by atoms with Crippen LogP contribution in [-0.2, 0) is 19.1 Å². The summed E-state index contributed by atoms with van der Waals surface area (Å²) >= 11 is 1.93. The van der Waals surface area contributed by atoms with E-state index in [1.54, 1.807) is 0 Å². The Kier molecular flexibility index (Phi) is 6.19. The number of thioether (sulfide) groups is 1. The smallest absolute Gasteiger partial charge is 0.306 e. The number of hydrogen-bond acceptors (Lipinski definition) is 6. The largest absolute Gasteiger partial charge is 0.465 e. The van der Waals surface area contributed by atoms with Gasteiger partial charge in [-0.2, -0.15) is 11.8 Å². The average Bonchev–Trinajstić information content (AvgIpc) is 3.21. The molecule has 0 aromatic carbocycles. The molecule has 7 heteroatoms. The number of carbonyl (C=O) groups is 2. The van der Waals surface area contributed by atoms with Gasteiger partial charge in [-0.1, -0.05) is 0 Å². The highest BCUT2D eigenvalue weighted by molar-refractivity contribution is 7.99. The lowest BCUT2D eigenvalue weighted by atomic mass is 10.0. The quantitative estimate of drug-likeness (QED) is 0.659. The highest BCUT2D eigenvalue weighted by atomic mass is 32.2. The van der Waals surface area contributed by atoms with Crippen molar-refractivity contribution in [1.82, 2.24) is 9.80 Å². The third kappa shape index (κ3) is 4.84. The summed E-state index contributed by atoms with van der Waals surface area (Å²) in [6.45, 7) is 5.57. The number of nitrogens with zero attached hydrogens (tertiary/aromatic N) is 2. The summed E-state index contributed by atoms with van der Waals surface area (Å²) in [5.41, 5.74) is 0.